The smallest absolute Gasteiger partial charge is 0.290 e. The molecule has 0 unspecified atom stereocenters. The Balaban J connectivity index is 1.85. The molecule has 5 heteroatoms. The quantitative estimate of drug-likeness (QED) is 0.625. The summed E-state index contributed by atoms with van der Waals surface area (Å²) in [6.07, 6.45) is 8.84. The summed E-state index contributed by atoms with van der Waals surface area (Å²) in [5, 5.41) is 3.10. The number of amides is 2. The van der Waals surface area contributed by atoms with Crippen LogP contribution < -0.4 is 5.32 Å². The summed E-state index contributed by atoms with van der Waals surface area (Å²) < 4.78 is 2.26. The summed E-state index contributed by atoms with van der Waals surface area (Å²) >= 11 is 0.958. The Bertz CT molecular complexity index is 776. The van der Waals surface area contributed by atoms with Gasteiger partial charge in [-0.05, 0) is 42.0 Å². The number of nitrogens with zero attached hydrogens (tertiary/aromatic N) is 1. The lowest BCUT2D eigenvalue weighted by atomic mass is 10.1. The van der Waals surface area contributed by atoms with Gasteiger partial charge in [-0.25, -0.2) is 0 Å². The van der Waals surface area contributed by atoms with Crippen molar-refractivity contribution in [2.75, 3.05) is 0 Å². The monoisotopic (exact) mass is 328 g/mol. The highest BCUT2D eigenvalue weighted by molar-refractivity contribution is 8.18. The van der Waals surface area contributed by atoms with Crippen molar-refractivity contribution in [3.05, 3.63) is 40.9 Å². The molecule has 1 aromatic carbocycles. The average Bonchev–Trinajstić information content (AvgIpc) is 3.08. The van der Waals surface area contributed by atoms with E-state index in [1.807, 2.05) is 12.1 Å². The molecule has 120 valence electrons. The van der Waals surface area contributed by atoms with Crippen LogP contribution in [0.4, 0.5) is 4.79 Å². The lowest BCUT2D eigenvalue weighted by molar-refractivity contribution is -0.115. The number of carbonyl (C=O) groups excluding carboxylic acids is 2. The maximum atomic E-state index is 11.7. The average molecular weight is 328 g/mol. The highest BCUT2D eigenvalue weighted by Crippen LogP contribution is 2.29. The number of nitrogens with one attached hydrogen (secondary N) is 1. The van der Waals surface area contributed by atoms with Crippen molar-refractivity contribution in [3.63, 3.8) is 0 Å². The van der Waals surface area contributed by atoms with Crippen LogP contribution in [0.5, 0.6) is 0 Å². The molecule has 2 heterocycles. The summed E-state index contributed by atoms with van der Waals surface area (Å²) in [6, 6.07) is 8.16. The molecule has 0 aliphatic carbocycles. The SMILES string of the molecule is CCCCCCn1ccc2c(C=C3SC(=O)NC3=O)cccc21. The predicted octanol–water partition coefficient (Wildman–Crippen LogP) is 4.55. The third kappa shape index (κ3) is 3.50. The second kappa shape index (κ2) is 7.04. The minimum Gasteiger partial charge on any atom is -0.347 e. The van der Waals surface area contributed by atoms with Crippen LogP contribution in [-0.2, 0) is 11.3 Å². The Hall–Kier alpha value is -2.01. The van der Waals surface area contributed by atoms with Gasteiger partial charge in [-0.3, -0.25) is 14.9 Å². The number of imide groups is 1. The maximum Gasteiger partial charge on any atom is 0.290 e. The van der Waals surface area contributed by atoms with Gasteiger partial charge in [0.1, 0.15) is 0 Å². The molecule has 2 aromatic rings. The summed E-state index contributed by atoms with van der Waals surface area (Å²) in [5.74, 6) is -0.309. The number of hydrogen-bond acceptors (Lipinski definition) is 3. The van der Waals surface area contributed by atoms with E-state index in [2.05, 4.69) is 35.1 Å². The van der Waals surface area contributed by atoms with Gasteiger partial charge in [-0.1, -0.05) is 38.3 Å². The van der Waals surface area contributed by atoms with Crippen LogP contribution in [0, 0.1) is 0 Å². The molecule has 2 amide bonds. The van der Waals surface area contributed by atoms with Gasteiger partial charge in [0.05, 0.1) is 4.91 Å². The summed E-state index contributed by atoms with van der Waals surface area (Å²) in [4.78, 5) is 23.4. The molecule has 0 spiro atoms. The molecule has 1 fully saturated rings. The van der Waals surface area contributed by atoms with Crippen LogP contribution in [0.25, 0.3) is 17.0 Å². The molecule has 23 heavy (non-hydrogen) atoms. The van der Waals surface area contributed by atoms with E-state index in [1.165, 1.54) is 31.2 Å². The normalized spacial score (nSPS) is 16.5. The van der Waals surface area contributed by atoms with Gasteiger partial charge in [0.15, 0.2) is 0 Å². The summed E-state index contributed by atoms with van der Waals surface area (Å²) in [5.41, 5.74) is 2.15. The molecule has 3 rings (SSSR count). The third-order valence-electron chi connectivity index (χ3n) is 4.03. The van der Waals surface area contributed by atoms with E-state index in [-0.39, 0.29) is 11.1 Å². The minimum absolute atomic E-state index is 0.304. The number of thioether (sulfide) groups is 1. The zero-order chi connectivity index (χ0) is 16.2. The van der Waals surface area contributed by atoms with Crippen LogP contribution in [0.3, 0.4) is 0 Å². The third-order valence-corrected chi connectivity index (χ3v) is 4.84. The van der Waals surface area contributed by atoms with E-state index in [0.29, 0.717) is 4.91 Å². The lowest BCUT2D eigenvalue weighted by Gasteiger charge is -2.06. The van der Waals surface area contributed by atoms with Crippen molar-refractivity contribution in [2.45, 2.75) is 39.2 Å². The maximum absolute atomic E-state index is 11.7. The highest BCUT2D eigenvalue weighted by Gasteiger charge is 2.25. The number of aryl methyl sites for hydroxylation is 1. The Kier molecular flexibility index (Phi) is 4.86. The minimum atomic E-state index is -0.309. The van der Waals surface area contributed by atoms with Crippen molar-refractivity contribution in [1.29, 1.82) is 0 Å². The fourth-order valence-electron chi connectivity index (χ4n) is 2.84. The van der Waals surface area contributed by atoms with Gasteiger partial charge in [-0.2, -0.15) is 0 Å². The number of hydrogen-bond donors (Lipinski definition) is 1. The zero-order valence-electron chi connectivity index (χ0n) is 13.2. The first kappa shape index (κ1) is 15.9. The number of rotatable bonds is 6. The Morgan fingerprint density at radius 1 is 1.17 bits per heavy atom. The van der Waals surface area contributed by atoms with Crippen molar-refractivity contribution in [1.82, 2.24) is 9.88 Å². The van der Waals surface area contributed by atoms with Crippen LogP contribution in [0.1, 0.15) is 38.2 Å². The van der Waals surface area contributed by atoms with Crippen LogP contribution in [-0.4, -0.2) is 15.7 Å². The standard InChI is InChI=1S/C18H20N2O2S/c1-2-3-4-5-10-20-11-9-14-13(7-6-8-15(14)20)12-16-17(21)19-18(22)23-16/h6-9,11-12H,2-5,10H2,1H3,(H,19,21,22). The number of carbonyl (C=O) groups is 2. The first-order chi connectivity index (χ1) is 11.2. The fourth-order valence-corrected chi connectivity index (χ4v) is 3.51. The van der Waals surface area contributed by atoms with E-state index in [0.717, 1.165) is 29.3 Å². The van der Waals surface area contributed by atoms with Crippen molar-refractivity contribution < 1.29 is 9.59 Å². The molecule has 0 bridgehead atoms. The Morgan fingerprint density at radius 3 is 2.78 bits per heavy atom. The molecule has 0 radical (unpaired) electrons. The first-order valence-corrected chi connectivity index (χ1v) is 8.83. The van der Waals surface area contributed by atoms with Crippen molar-refractivity contribution in [2.24, 2.45) is 0 Å². The molecular formula is C18H20N2O2S. The molecule has 1 saturated heterocycles. The van der Waals surface area contributed by atoms with Crippen molar-refractivity contribution in [3.8, 4) is 0 Å². The summed E-state index contributed by atoms with van der Waals surface area (Å²) in [6.45, 7) is 3.23. The molecule has 4 nitrogen and oxygen atoms in total. The largest absolute Gasteiger partial charge is 0.347 e. The van der Waals surface area contributed by atoms with E-state index in [1.54, 1.807) is 6.08 Å². The van der Waals surface area contributed by atoms with E-state index in [4.69, 9.17) is 0 Å². The van der Waals surface area contributed by atoms with Gasteiger partial charge in [0.25, 0.3) is 11.1 Å². The molecule has 1 N–H and O–H groups in total. The van der Waals surface area contributed by atoms with Crippen LogP contribution in [0.15, 0.2) is 35.4 Å². The molecule has 0 atom stereocenters. The number of fused-ring (bicyclic) bond motifs is 1. The van der Waals surface area contributed by atoms with Crippen LogP contribution in [0.2, 0.25) is 0 Å². The second-order valence-electron chi connectivity index (χ2n) is 5.70. The van der Waals surface area contributed by atoms with Gasteiger partial charge < -0.3 is 4.57 Å². The number of aromatic nitrogens is 1. The van der Waals surface area contributed by atoms with Gasteiger partial charge in [-0.15, -0.1) is 0 Å². The lowest BCUT2D eigenvalue weighted by Crippen LogP contribution is -2.17. The van der Waals surface area contributed by atoms with E-state index in [9.17, 15) is 9.59 Å². The predicted molar refractivity (Wildman–Crippen MR) is 95.2 cm³/mol. The van der Waals surface area contributed by atoms with Crippen LogP contribution >= 0.6 is 11.8 Å². The Morgan fingerprint density at radius 2 is 2.04 bits per heavy atom. The number of benzene rings is 1. The topological polar surface area (TPSA) is 51.1 Å². The highest BCUT2D eigenvalue weighted by atomic mass is 32.2. The van der Waals surface area contributed by atoms with E-state index >= 15 is 0 Å². The molecular weight excluding hydrogens is 308 g/mol. The number of unbranched alkanes of at least 4 members (excludes halogenated alkanes) is 3. The Labute approximate surface area is 139 Å². The van der Waals surface area contributed by atoms with Crippen molar-refractivity contribution >= 4 is 39.9 Å². The van der Waals surface area contributed by atoms with Gasteiger partial charge >= 0.3 is 0 Å². The van der Waals surface area contributed by atoms with Gasteiger partial charge in [0.2, 0.25) is 0 Å². The molecule has 1 aliphatic rings. The first-order valence-electron chi connectivity index (χ1n) is 8.02. The molecule has 0 saturated carbocycles. The molecule has 1 aromatic heterocycles. The van der Waals surface area contributed by atoms with Gasteiger partial charge in [0, 0.05) is 23.6 Å². The molecule has 1 aliphatic heterocycles. The zero-order valence-corrected chi connectivity index (χ0v) is 14.0. The van der Waals surface area contributed by atoms with E-state index < -0.39 is 0 Å². The fraction of sp³-hybridized carbons (Fsp3) is 0.333. The second-order valence-corrected chi connectivity index (χ2v) is 6.72. The summed E-state index contributed by atoms with van der Waals surface area (Å²) in [7, 11) is 0.